The Balaban J connectivity index is 2.47. The van der Waals surface area contributed by atoms with Crippen LogP contribution < -0.4 is 0 Å². The molecular weight excluding hydrogens is 336 g/mol. The van der Waals surface area contributed by atoms with Crippen LogP contribution in [0.5, 0.6) is 0 Å². The predicted molar refractivity (Wildman–Crippen MR) is 73.2 cm³/mol. The number of halogens is 6. The number of aromatic nitrogens is 3. The van der Waals surface area contributed by atoms with Crippen LogP contribution in [0.1, 0.15) is 17.1 Å². The van der Waals surface area contributed by atoms with Gasteiger partial charge in [-0.3, -0.25) is 0 Å². The van der Waals surface area contributed by atoms with Gasteiger partial charge in [-0.15, -0.1) is 0 Å². The van der Waals surface area contributed by atoms with E-state index in [4.69, 9.17) is 0 Å². The van der Waals surface area contributed by atoms with Crippen LogP contribution in [0.4, 0.5) is 26.3 Å². The minimum absolute atomic E-state index is 0.0550. The largest absolute Gasteiger partial charge is 0.435 e. The van der Waals surface area contributed by atoms with E-state index in [1.807, 2.05) is 0 Å². The maximum atomic E-state index is 13.3. The van der Waals surface area contributed by atoms with Gasteiger partial charge in [0.05, 0.1) is 5.56 Å². The molecule has 2 heterocycles. The Kier molecular flexibility index (Phi) is 3.54. The topological polar surface area (TPSA) is 30.2 Å². The second-order valence-corrected chi connectivity index (χ2v) is 5.10. The van der Waals surface area contributed by atoms with Crippen molar-refractivity contribution in [3.05, 3.63) is 53.5 Å². The van der Waals surface area contributed by atoms with Gasteiger partial charge in [-0.25, -0.2) is 9.50 Å². The molecule has 0 aliphatic rings. The molecular formula is C15H9F6N3. The van der Waals surface area contributed by atoms with Gasteiger partial charge in [-0.1, -0.05) is 30.3 Å². The van der Waals surface area contributed by atoms with Crippen LogP contribution in [-0.4, -0.2) is 14.6 Å². The molecule has 0 aliphatic carbocycles. The van der Waals surface area contributed by atoms with E-state index in [2.05, 4.69) is 10.1 Å². The number of fused-ring (bicyclic) bond motifs is 1. The Labute approximate surface area is 131 Å². The molecule has 0 spiro atoms. The molecule has 0 N–H and O–H groups in total. The van der Waals surface area contributed by atoms with Crippen LogP contribution in [0.15, 0.2) is 36.4 Å². The molecule has 24 heavy (non-hydrogen) atoms. The smallest absolute Gasteiger partial charge is 0.233 e. The van der Waals surface area contributed by atoms with Crippen LogP contribution >= 0.6 is 0 Å². The van der Waals surface area contributed by atoms with E-state index in [-0.39, 0.29) is 15.8 Å². The van der Waals surface area contributed by atoms with Crippen molar-refractivity contribution >= 4 is 5.65 Å². The van der Waals surface area contributed by atoms with Gasteiger partial charge in [0.1, 0.15) is 5.69 Å². The lowest BCUT2D eigenvalue weighted by Crippen LogP contribution is -2.14. The number of benzene rings is 1. The first-order valence-corrected chi connectivity index (χ1v) is 6.69. The van der Waals surface area contributed by atoms with Crippen LogP contribution in [0.25, 0.3) is 16.8 Å². The van der Waals surface area contributed by atoms with E-state index in [0.29, 0.717) is 6.07 Å². The number of nitrogens with zero attached hydrogens (tertiary/aromatic N) is 3. The molecule has 3 nitrogen and oxygen atoms in total. The summed E-state index contributed by atoms with van der Waals surface area (Å²) in [4.78, 5) is 3.86. The van der Waals surface area contributed by atoms with Gasteiger partial charge in [-0.05, 0) is 18.6 Å². The SMILES string of the molecule is Cc1cc(C(F)(F)F)n2nc(C(F)(F)F)c(-c3ccccc3)c2n1. The highest BCUT2D eigenvalue weighted by molar-refractivity contribution is 5.80. The first-order chi connectivity index (χ1) is 11.1. The maximum Gasteiger partial charge on any atom is 0.435 e. The summed E-state index contributed by atoms with van der Waals surface area (Å²) < 4.78 is 79.7. The van der Waals surface area contributed by atoms with Crippen molar-refractivity contribution in [2.75, 3.05) is 0 Å². The molecule has 0 amide bonds. The molecule has 0 bridgehead atoms. The van der Waals surface area contributed by atoms with Gasteiger partial charge in [0, 0.05) is 5.69 Å². The number of alkyl halides is 6. The van der Waals surface area contributed by atoms with E-state index in [1.54, 1.807) is 6.07 Å². The van der Waals surface area contributed by atoms with Gasteiger partial charge in [0.15, 0.2) is 11.3 Å². The summed E-state index contributed by atoms with van der Waals surface area (Å²) in [6.07, 6.45) is -9.79. The van der Waals surface area contributed by atoms with E-state index >= 15 is 0 Å². The molecule has 0 radical (unpaired) electrons. The van der Waals surface area contributed by atoms with Crippen molar-refractivity contribution in [2.45, 2.75) is 19.3 Å². The molecule has 0 atom stereocenters. The third-order valence-corrected chi connectivity index (χ3v) is 3.34. The number of hydrogen-bond donors (Lipinski definition) is 0. The number of hydrogen-bond acceptors (Lipinski definition) is 2. The second-order valence-electron chi connectivity index (χ2n) is 5.10. The minimum Gasteiger partial charge on any atom is -0.233 e. The monoisotopic (exact) mass is 345 g/mol. The van der Waals surface area contributed by atoms with Crippen molar-refractivity contribution in [3.63, 3.8) is 0 Å². The van der Waals surface area contributed by atoms with Crippen LogP contribution in [0.3, 0.4) is 0 Å². The van der Waals surface area contributed by atoms with Gasteiger partial charge in [0.2, 0.25) is 0 Å². The highest BCUT2D eigenvalue weighted by Crippen LogP contribution is 2.40. The van der Waals surface area contributed by atoms with Crippen LogP contribution in [0, 0.1) is 6.92 Å². The zero-order chi connectivity index (χ0) is 17.7. The second kappa shape index (κ2) is 5.22. The zero-order valence-electron chi connectivity index (χ0n) is 12.1. The highest BCUT2D eigenvalue weighted by Gasteiger charge is 2.42. The van der Waals surface area contributed by atoms with Crippen molar-refractivity contribution in [3.8, 4) is 11.1 Å². The van der Waals surface area contributed by atoms with Gasteiger partial charge in [0.25, 0.3) is 0 Å². The number of rotatable bonds is 1. The van der Waals surface area contributed by atoms with Crippen molar-refractivity contribution < 1.29 is 26.3 Å². The molecule has 1 aromatic carbocycles. The van der Waals surface area contributed by atoms with E-state index in [1.165, 1.54) is 31.2 Å². The molecule has 0 aliphatic heterocycles. The first kappa shape index (κ1) is 16.3. The summed E-state index contributed by atoms with van der Waals surface area (Å²) in [6, 6.07) is 7.95. The van der Waals surface area contributed by atoms with Gasteiger partial charge < -0.3 is 0 Å². The Morgan fingerprint density at radius 3 is 2.08 bits per heavy atom. The summed E-state index contributed by atoms with van der Waals surface area (Å²) >= 11 is 0. The molecule has 0 saturated carbocycles. The van der Waals surface area contributed by atoms with Crippen molar-refractivity contribution in [1.29, 1.82) is 0 Å². The average molecular weight is 345 g/mol. The summed E-state index contributed by atoms with van der Waals surface area (Å²) in [5, 5.41) is 3.18. The first-order valence-electron chi connectivity index (χ1n) is 6.69. The van der Waals surface area contributed by atoms with Crippen molar-refractivity contribution in [2.24, 2.45) is 0 Å². The molecule has 126 valence electrons. The average Bonchev–Trinajstić information content (AvgIpc) is 2.85. The van der Waals surface area contributed by atoms with Gasteiger partial charge in [-0.2, -0.15) is 31.4 Å². The lowest BCUT2D eigenvalue weighted by molar-refractivity contribution is -0.146. The lowest BCUT2D eigenvalue weighted by atomic mass is 10.1. The minimum atomic E-state index is -4.92. The fourth-order valence-electron chi connectivity index (χ4n) is 2.41. The van der Waals surface area contributed by atoms with Gasteiger partial charge >= 0.3 is 12.4 Å². The normalized spacial score (nSPS) is 12.8. The fraction of sp³-hybridized carbons (Fsp3) is 0.200. The van der Waals surface area contributed by atoms with E-state index in [0.717, 1.165) is 0 Å². The van der Waals surface area contributed by atoms with Crippen LogP contribution in [-0.2, 0) is 12.4 Å². The van der Waals surface area contributed by atoms with E-state index in [9.17, 15) is 26.3 Å². The summed E-state index contributed by atoms with van der Waals surface area (Å²) in [7, 11) is 0. The Morgan fingerprint density at radius 1 is 0.917 bits per heavy atom. The Bertz CT molecular complexity index is 893. The van der Waals surface area contributed by atoms with Crippen LogP contribution in [0.2, 0.25) is 0 Å². The third-order valence-electron chi connectivity index (χ3n) is 3.34. The summed E-state index contributed by atoms with van der Waals surface area (Å²) in [5.74, 6) is 0. The van der Waals surface area contributed by atoms with Crippen molar-refractivity contribution in [1.82, 2.24) is 14.6 Å². The molecule has 9 heteroatoms. The molecule has 3 aromatic rings. The van der Waals surface area contributed by atoms with E-state index < -0.39 is 35.0 Å². The summed E-state index contributed by atoms with van der Waals surface area (Å²) in [5.41, 5.74) is -3.64. The quantitative estimate of drug-likeness (QED) is 0.596. The molecule has 0 unspecified atom stereocenters. The Morgan fingerprint density at radius 2 is 1.54 bits per heavy atom. The third kappa shape index (κ3) is 2.70. The molecule has 0 saturated heterocycles. The molecule has 3 rings (SSSR count). The number of aryl methyl sites for hydroxylation is 1. The standard InChI is InChI=1S/C15H9F6N3/c1-8-7-10(14(16,17)18)24-13(22-8)11(9-5-3-2-4-6-9)12(23-24)15(19,20)21/h2-7H,1H3. The maximum absolute atomic E-state index is 13.3. The fourth-order valence-corrected chi connectivity index (χ4v) is 2.41. The zero-order valence-corrected chi connectivity index (χ0v) is 12.1. The lowest BCUT2D eigenvalue weighted by Gasteiger charge is -2.09. The molecule has 2 aromatic heterocycles. The summed E-state index contributed by atoms with van der Waals surface area (Å²) in [6.45, 7) is 1.28. The molecule has 0 fully saturated rings. The highest BCUT2D eigenvalue weighted by atomic mass is 19.4. The Hall–Kier alpha value is -2.58. The predicted octanol–water partition coefficient (Wildman–Crippen LogP) is 4.74.